The molecule has 1 amide bonds. The topological polar surface area (TPSA) is 103 Å². The molecule has 0 saturated carbocycles. The first kappa shape index (κ1) is 13.3. The van der Waals surface area contributed by atoms with E-state index in [4.69, 9.17) is 4.55 Å². The van der Waals surface area contributed by atoms with Crippen LogP contribution in [0.3, 0.4) is 0 Å². The van der Waals surface area contributed by atoms with E-state index in [9.17, 15) is 18.3 Å². The highest BCUT2D eigenvalue weighted by molar-refractivity contribution is 7.85. The van der Waals surface area contributed by atoms with Gasteiger partial charge in [-0.3, -0.25) is 14.5 Å². The molecule has 0 aromatic heterocycles. The Labute approximate surface area is 109 Å². The second kappa shape index (κ2) is 4.52. The summed E-state index contributed by atoms with van der Waals surface area (Å²) >= 11 is 0. The summed E-state index contributed by atoms with van der Waals surface area (Å²) < 4.78 is 30.9. The minimum Gasteiger partial charge on any atom is -0.326 e. The number of carbonyl (C=O) groups excluding carboxylic acids is 1. The highest BCUT2D eigenvalue weighted by Gasteiger charge is 2.14. The summed E-state index contributed by atoms with van der Waals surface area (Å²) in [6.45, 7) is 1.34. The van der Waals surface area contributed by atoms with Gasteiger partial charge in [0.05, 0.1) is 4.90 Å². The maximum Gasteiger partial charge on any atom is 0.294 e. The second-order valence-electron chi connectivity index (χ2n) is 4.01. The van der Waals surface area contributed by atoms with Crippen LogP contribution in [0.15, 0.2) is 35.2 Å². The first-order valence-electron chi connectivity index (χ1n) is 5.27. The Bertz CT molecular complexity index is 767. The van der Waals surface area contributed by atoms with E-state index in [1.54, 1.807) is 0 Å². The summed E-state index contributed by atoms with van der Waals surface area (Å²) in [6.07, 6.45) is 0. The lowest BCUT2D eigenvalue weighted by Crippen LogP contribution is -2.05. The molecule has 2 N–H and O–H groups in total. The van der Waals surface area contributed by atoms with Gasteiger partial charge in [0.25, 0.3) is 10.1 Å². The van der Waals surface area contributed by atoms with E-state index in [1.807, 2.05) is 0 Å². The second-order valence-corrected chi connectivity index (χ2v) is 5.44. The monoisotopic (exact) mass is 280 g/mol. The summed E-state index contributed by atoms with van der Waals surface area (Å²) in [6, 6.07) is 6.53. The Hall–Kier alpha value is -2.12. The van der Waals surface area contributed by atoms with Crippen molar-refractivity contribution in [1.29, 1.82) is 0 Å². The van der Waals surface area contributed by atoms with Crippen molar-refractivity contribution in [3.05, 3.63) is 30.3 Å². The van der Waals surface area contributed by atoms with E-state index < -0.39 is 20.8 Å². The van der Waals surface area contributed by atoms with E-state index in [2.05, 4.69) is 5.32 Å². The van der Waals surface area contributed by atoms with Crippen LogP contribution >= 0.6 is 0 Å². The van der Waals surface area contributed by atoms with Gasteiger partial charge < -0.3 is 5.32 Å². The summed E-state index contributed by atoms with van der Waals surface area (Å²) in [4.78, 5) is 10.5. The maximum absolute atomic E-state index is 11.8. The Morgan fingerprint density at radius 2 is 1.89 bits per heavy atom. The normalized spacial score (nSPS) is 11.5. The van der Waals surface area contributed by atoms with Gasteiger partial charge in [0.15, 0.2) is 5.75 Å². The van der Waals surface area contributed by atoms with Crippen LogP contribution in [0, 0.1) is 0 Å². The van der Waals surface area contributed by atoms with Gasteiger partial charge in [0.1, 0.15) is 0 Å². The van der Waals surface area contributed by atoms with Gasteiger partial charge >= 0.3 is 0 Å². The summed E-state index contributed by atoms with van der Waals surface area (Å²) in [5, 5.41) is 15.0. The number of fused-ring (bicyclic) bond motifs is 1. The third kappa shape index (κ3) is 2.83. The zero-order valence-electron chi connectivity index (χ0n) is 9.88. The Morgan fingerprint density at radius 3 is 2.47 bits per heavy atom. The quantitative estimate of drug-likeness (QED) is 0.823. The zero-order chi connectivity index (χ0) is 14.2. The largest absolute Gasteiger partial charge is 0.326 e. The smallest absolute Gasteiger partial charge is 0.294 e. The van der Waals surface area contributed by atoms with Gasteiger partial charge in [-0.05, 0) is 23.6 Å². The fraction of sp³-hybridized carbons (Fsp3) is 0.0833. The minimum absolute atomic E-state index is 0.263. The van der Waals surface area contributed by atoms with Crippen LogP contribution in [0.1, 0.15) is 6.92 Å². The minimum atomic E-state index is -4.42. The van der Waals surface area contributed by atoms with Crippen molar-refractivity contribution >= 4 is 32.5 Å². The average molecular weight is 280 g/mol. The van der Waals surface area contributed by atoms with Gasteiger partial charge in [0, 0.05) is 24.1 Å². The molecule has 7 heteroatoms. The predicted octanol–water partition coefficient (Wildman–Crippen LogP) is 2.19. The van der Waals surface area contributed by atoms with E-state index in [0.717, 1.165) is 6.07 Å². The molecule has 99 valence electrons. The van der Waals surface area contributed by atoms with Gasteiger partial charge in [-0.1, -0.05) is 6.07 Å². The van der Waals surface area contributed by atoms with Crippen molar-refractivity contribution in [1.82, 2.24) is 0 Å². The SMILES string of the molecule is CC(=O)Nc1ccc2cc(S(=O)(=O)O)cc([O])c2c1. The summed E-state index contributed by atoms with van der Waals surface area (Å²) in [7, 11) is -4.42. The number of hydrogen-bond donors (Lipinski definition) is 2. The van der Waals surface area contributed by atoms with Gasteiger partial charge in [-0.15, -0.1) is 0 Å². The molecule has 0 heterocycles. The van der Waals surface area contributed by atoms with Crippen molar-refractivity contribution in [2.75, 3.05) is 5.32 Å². The lowest BCUT2D eigenvalue weighted by molar-refractivity contribution is -0.114. The molecule has 0 saturated heterocycles. The molecule has 0 unspecified atom stereocenters. The maximum atomic E-state index is 11.8. The van der Waals surface area contributed by atoms with Crippen LogP contribution in [0.2, 0.25) is 0 Å². The average Bonchev–Trinajstić information content (AvgIpc) is 2.27. The molecule has 0 atom stereocenters. The van der Waals surface area contributed by atoms with Crippen molar-refractivity contribution < 1.29 is 22.9 Å². The molecular weight excluding hydrogens is 270 g/mol. The van der Waals surface area contributed by atoms with Crippen molar-refractivity contribution in [2.24, 2.45) is 0 Å². The molecule has 0 aliphatic heterocycles. The van der Waals surface area contributed by atoms with E-state index >= 15 is 0 Å². The van der Waals surface area contributed by atoms with Crippen LogP contribution in [0.5, 0.6) is 5.75 Å². The van der Waals surface area contributed by atoms with Crippen LogP contribution in [0.4, 0.5) is 5.69 Å². The number of amides is 1. The van der Waals surface area contributed by atoms with E-state index in [0.29, 0.717) is 11.1 Å². The highest BCUT2D eigenvalue weighted by Crippen LogP contribution is 2.31. The first-order valence-corrected chi connectivity index (χ1v) is 6.71. The van der Waals surface area contributed by atoms with E-state index in [1.165, 1.54) is 31.2 Å². The molecule has 19 heavy (non-hydrogen) atoms. The fourth-order valence-electron chi connectivity index (χ4n) is 1.73. The molecular formula is C12H10NO5S. The van der Waals surface area contributed by atoms with Crippen molar-refractivity contribution in [3.8, 4) is 5.75 Å². The standard InChI is InChI=1S/C12H10NO5S/c1-7(14)13-9-3-2-8-4-10(19(16,17)18)6-12(15)11(8)5-9/h2-6H,1H3,(H,13,14)(H,16,17,18). The lowest BCUT2D eigenvalue weighted by atomic mass is 10.1. The molecule has 0 aliphatic rings. The number of rotatable bonds is 2. The lowest BCUT2D eigenvalue weighted by Gasteiger charge is -2.06. The summed E-state index contributed by atoms with van der Waals surface area (Å²) in [5.41, 5.74) is 0.441. The summed E-state index contributed by atoms with van der Waals surface area (Å²) in [5.74, 6) is -0.821. The van der Waals surface area contributed by atoms with Crippen LogP contribution in [0.25, 0.3) is 10.8 Å². The molecule has 1 radical (unpaired) electrons. The zero-order valence-corrected chi connectivity index (χ0v) is 10.7. The van der Waals surface area contributed by atoms with Crippen molar-refractivity contribution in [3.63, 3.8) is 0 Å². The number of benzene rings is 2. The van der Waals surface area contributed by atoms with Gasteiger partial charge in [-0.25, -0.2) is 0 Å². The molecule has 0 aliphatic carbocycles. The van der Waals surface area contributed by atoms with Crippen molar-refractivity contribution in [2.45, 2.75) is 11.8 Å². The number of nitrogens with one attached hydrogen (secondary N) is 1. The molecule has 6 nitrogen and oxygen atoms in total. The number of anilines is 1. The number of carbonyl (C=O) groups is 1. The Kier molecular flexibility index (Phi) is 3.17. The molecule has 2 rings (SSSR count). The fourth-order valence-corrected chi connectivity index (χ4v) is 2.26. The number of hydrogen-bond acceptors (Lipinski definition) is 3. The molecule has 0 bridgehead atoms. The predicted molar refractivity (Wildman–Crippen MR) is 68.2 cm³/mol. The Balaban J connectivity index is 2.63. The molecule has 0 spiro atoms. The van der Waals surface area contributed by atoms with Crippen LogP contribution in [-0.4, -0.2) is 18.9 Å². The third-order valence-electron chi connectivity index (χ3n) is 2.51. The molecule has 2 aromatic rings. The first-order chi connectivity index (χ1) is 8.77. The molecule has 2 aromatic carbocycles. The Morgan fingerprint density at radius 1 is 1.21 bits per heavy atom. The highest BCUT2D eigenvalue weighted by atomic mass is 32.2. The van der Waals surface area contributed by atoms with Crippen LogP contribution < -0.4 is 5.32 Å². The third-order valence-corrected chi connectivity index (χ3v) is 3.34. The molecule has 0 fully saturated rings. The van der Waals surface area contributed by atoms with E-state index in [-0.39, 0.29) is 11.3 Å². The van der Waals surface area contributed by atoms with Gasteiger partial charge in [-0.2, -0.15) is 8.42 Å². The van der Waals surface area contributed by atoms with Crippen LogP contribution in [-0.2, 0) is 20.0 Å². The van der Waals surface area contributed by atoms with Gasteiger partial charge in [0.2, 0.25) is 5.91 Å².